The predicted octanol–water partition coefficient (Wildman–Crippen LogP) is 4.66. The number of halogens is 5. The Hall–Kier alpha value is -2.49. The third-order valence-electron chi connectivity index (χ3n) is 4.14. The second-order valence-electron chi connectivity index (χ2n) is 5.99. The maximum absolute atomic E-state index is 13.9. The first-order chi connectivity index (χ1) is 13.0. The van der Waals surface area contributed by atoms with Gasteiger partial charge in [0.1, 0.15) is 0 Å². The van der Waals surface area contributed by atoms with Gasteiger partial charge in [-0.25, -0.2) is 22.0 Å². The van der Waals surface area contributed by atoms with Gasteiger partial charge in [0, 0.05) is 35.3 Å². The van der Waals surface area contributed by atoms with Gasteiger partial charge in [-0.3, -0.25) is 9.55 Å². The first kappa shape index (κ1) is 17.9. The summed E-state index contributed by atoms with van der Waals surface area (Å²) in [5.41, 5.74) is -0.162. The highest BCUT2D eigenvalue weighted by molar-refractivity contribution is 7.98. The van der Waals surface area contributed by atoms with Crippen molar-refractivity contribution in [2.24, 2.45) is 0 Å². The van der Waals surface area contributed by atoms with Crippen molar-refractivity contribution < 1.29 is 22.0 Å². The molecule has 2 aromatic heterocycles. The van der Waals surface area contributed by atoms with Crippen LogP contribution < -0.4 is 0 Å². The Morgan fingerprint density at radius 3 is 2.22 bits per heavy atom. The van der Waals surface area contributed by atoms with E-state index in [0.717, 1.165) is 30.2 Å². The van der Waals surface area contributed by atoms with Crippen LogP contribution in [-0.2, 0) is 5.75 Å². The first-order valence-corrected chi connectivity index (χ1v) is 8.96. The largest absolute Gasteiger partial charge is 0.299 e. The van der Waals surface area contributed by atoms with E-state index in [9.17, 15) is 22.0 Å². The predicted molar refractivity (Wildman–Crippen MR) is 87.3 cm³/mol. The number of benzene rings is 1. The maximum atomic E-state index is 13.9. The molecule has 0 bridgehead atoms. The molecule has 1 aliphatic rings. The molecular formula is C17H11F5N4S. The third-order valence-corrected chi connectivity index (χ3v) is 5.11. The van der Waals surface area contributed by atoms with Gasteiger partial charge in [-0.1, -0.05) is 11.8 Å². The van der Waals surface area contributed by atoms with Crippen LogP contribution in [0.15, 0.2) is 29.7 Å². The zero-order valence-corrected chi connectivity index (χ0v) is 14.4. The molecule has 1 aromatic carbocycles. The van der Waals surface area contributed by atoms with Crippen LogP contribution in [0.4, 0.5) is 22.0 Å². The molecule has 10 heteroatoms. The molecule has 1 saturated carbocycles. The van der Waals surface area contributed by atoms with Gasteiger partial charge in [0.15, 0.2) is 34.2 Å². The molecule has 2 heterocycles. The lowest BCUT2D eigenvalue weighted by Gasteiger charge is -2.10. The molecule has 0 spiro atoms. The standard InChI is InChI=1S/C17H11F5N4S/c18-11-10(12(19)14(21)15(22)13(11)20)7-27-17-25-24-16(26(17)9-3-4-9)8-2-1-5-23-6-8/h1-2,5-6,9H,3-4,7H2. The van der Waals surface area contributed by atoms with Crippen LogP contribution in [0.25, 0.3) is 11.4 Å². The van der Waals surface area contributed by atoms with Crippen molar-refractivity contribution in [2.75, 3.05) is 0 Å². The fourth-order valence-electron chi connectivity index (χ4n) is 2.64. The van der Waals surface area contributed by atoms with Crippen molar-refractivity contribution in [3.63, 3.8) is 0 Å². The van der Waals surface area contributed by atoms with Crippen molar-refractivity contribution in [1.29, 1.82) is 0 Å². The van der Waals surface area contributed by atoms with Crippen molar-refractivity contribution in [3.8, 4) is 11.4 Å². The van der Waals surface area contributed by atoms with Gasteiger partial charge in [-0.15, -0.1) is 10.2 Å². The monoisotopic (exact) mass is 398 g/mol. The minimum atomic E-state index is -2.17. The molecule has 4 rings (SSSR count). The van der Waals surface area contributed by atoms with Crippen molar-refractivity contribution >= 4 is 11.8 Å². The summed E-state index contributed by atoms with van der Waals surface area (Å²) in [5, 5.41) is 8.49. The number of pyridine rings is 1. The molecule has 0 amide bonds. The van der Waals surface area contributed by atoms with Gasteiger partial charge in [0.2, 0.25) is 5.82 Å². The van der Waals surface area contributed by atoms with Crippen LogP contribution in [-0.4, -0.2) is 19.7 Å². The Kier molecular flexibility index (Phi) is 4.58. The van der Waals surface area contributed by atoms with Gasteiger partial charge < -0.3 is 0 Å². The van der Waals surface area contributed by atoms with Gasteiger partial charge in [0.05, 0.1) is 0 Å². The summed E-state index contributed by atoms with van der Waals surface area (Å²) in [5.74, 6) is -9.66. The lowest BCUT2D eigenvalue weighted by Crippen LogP contribution is -2.07. The molecule has 27 heavy (non-hydrogen) atoms. The molecule has 0 saturated heterocycles. The smallest absolute Gasteiger partial charge is 0.200 e. The van der Waals surface area contributed by atoms with Crippen LogP contribution in [0.3, 0.4) is 0 Å². The van der Waals surface area contributed by atoms with Crippen LogP contribution in [0.1, 0.15) is 24.4 Å². The summed E-state index contributed by atoms with van der Waals surface area (Å²) in [6.45, 7) is 0. The van der Waals surface area contributed by atoms with Crippen LogP contribution in [0, 0.1) is 29.1 Å². The van der Waals surface area contributed by atoms with Crippen molar-refractivity contribution in [3.05, 3.63) is 59.2 Å². The van der Waals surface area contributed by atoms with Crippen LogP contribution >= 0.6 is 11.8 Å². The van der Waals surface area contributed by atoms with E-state index < -0.39 is 40.4 Å². The Morgan fingerprint density at radius 1 is 0.963 bits per heavy atom. The summed E-state index contributed by atoms with van der Waals surface area (Å²) in [6, 6.07) is 3.67. The second kappa shape index (κ2) is 6.91. The zero-order valence-electron chi connectivity index (χ0n) is 13.6. The molecule has 1 fully saturated rings. The number of hydrogen-bond donors (Lipinski definition) is 0. The van der Waals surface area contributed by atoms with E-state index in [1.165, 1.54) is 0 Å². The number of thioether (sulfide) groups is 1. The molecule has 0 unspecified atom stereocenters. The Balaban J connectivity index is 1.67. The lowest BCUT2D eigenvalue weighted by atomic mass is 10.2. The summed E-state index contributed by atoms with van der Waals surface area (Å²) in [6.07, 6.45) is 5.00. The maximum Gasteiger partial charge on any atom is 0.200 e. The highest BCUT2D eigenvalue weighted by atomic mass is 32.2. The quantitative estimate of drug-likeness (QED) is 0.271. The number of rotatable bonds is 5. The highest BCUT2D eigenvalue weighted by Gasteiger charge is 2.31. The van der Waals surface area contributed by atoms with Gasteiger partial charge >= 0.3 is 0 Å². The van der Waals surface area contributed by atoms with Gasteiger partial charge in [0.25, 0.3) is 0 Å². The molecule has 0 radical (unpaired) electrons. The zero-order chi connectivity index (χ0) is 19.1. The van der Waals surface area contributed by atoms with Gasteiger partial charge in [-0.05, 0) is 25.0 Å². The average molecular weight is 398 g/mol. The highest BCUT2D eigenvalue weighted by Crippen LogP contribution is 2.41. The van der Waals surface area contributed by atoms with Gasteiger partial charge in [-0.2, -0.15) is 0 Å². The molecule has 3 aromatic rings. The van der Waals surface area contributed by atoms with E-state index >= 15 is 0 Å². The second-order valence-corrected chi connectivity index (χ2v) is 6.93. The van der Waals surface area contributed by atoms with E-state index in [-0.39, 0.29) is 6.04 Å². The number of hydrogen-bond acceptors (Lipinski definition) is 4. The van der Waals surface area contributed by atoms with Crippen LogP contribution in [0.2, 0.25) is 0 Å². The molecule has 0 N–H and O–H groups in total. The summed E-state index contributed by atoms with van der Waals surface area (Å²) >= 11 is 0.869. The molecule has 4 nitrogen and oxygen atoms in total. The SMILES string of the molecule is Fc1c(F)c(F)c(CSc2nnc(-c3cccnc3)n2C2CC2)c(F)c1F. The Bertz CT molecular complexity index is 975. The first-order valence-electron chi connectivity index (χ1n) is 7.97. The Morgan fingerprint density at radius 2 is 1.63 bits per heavy atom. The van der Waals surface area contributed by atoms with Crippen molar-refractivity contribution in [1.82, 2.24) is 19.7 Å². The number of aromatic nitrogens is 4. The van der Waals surface area contributed by atoms with E-state index in [1.807, 2.05) is 4.57 Å². The number of nitrogens with zero attached hydrogens (tertiary/aromatic N) is 4. The molecule has 0 aliphatic heterocycles. The minimum absolute atomic E-state index is 0.133. The van der Waals surface area contributed by atoms with E-state index in [0.29, 0.717) is 11.0 Å². The van der Waals surface area contributed by atoms with E-state index in [1.54, 1.807) is 24.5 Å². The fourth-order valence-corrected chi connectivity index (χ4v) is 3.64. The fraction of sp³-hybridized carbons (Fsp3) is 0.235. The topological polar surface area (TPSA) is 43.6 Å². The molecule has 140 valence electrons. The Labute approximate surface area is 154 Å². The normalized spacial score (nSPS) is 14.0. The molecular weight excluding hydrogens is 387 g/mol. The average Bonchev–Trinajstić information content (AvgIpc) is 3.45. The lowest BCUT2D eigenvalue weighted by molar-refractivity contribution is 0.372. The molecule has 0 atom stereocenters. The minimum Gasteiger partial charge on any atom is -0.299 e. The summed E-state index contributed by atoms with van der Waals surface area (Å²) < 4.78 is 69.4. The van der Waals surface area contributed by atoms with E-state index in [2.05, 4.69) is 15.2 Å². The third kappa shape index (κ3) is 3.18. The summed E-state index contributed by atoms with van der Waals surface area (Å²) in [7, 11) is 0. The molecule has 1 aliphatic carbocycles. The van der Waals surface area contributed by atoms with Crippen molar-refractivity contribution in [2.45, 2.75) is 29.8 Å². The van der Waals surface area contributed by atoms with Crippen LogP contribution in [0.5, 0.6) is 0 Å². The van der Waals surface area contributed by atoms with E-state index in [4.69, 9.17) is 0 Å². The summed E-state index contributed by atoms with van der Waals surface area (Å²) in [4.78, 5) is 4.03.